The maximum atomic E-state index is 13.2. The molecule has 1 aliphatic heterocycles. The lowest BCUT2D eigenvalue weighted by molar-refractivity contribution is -0.143. The molecule has 0 amide bonds. The maximum Gasteiger partial charge on any atom is 0.308 e. The van der Waals surface area contributed by atoms with Crippen LogP contribution >= 0.6 is 0 Å². The Hall–Kier alpha value is -3.91. The van der Waals surface area contributed by atoms with E-state index in [1.165, 1.54) is 0 Å². The number of rotatable bonds is 10. The van der Waals surface area contributed by atoms with Crippen molar-refractivity contribution in [3.8, 4) is 28.7 Å². The molecule has 0 unspecified atom stereocenters. The smallest absolute Gasteiger partial charge is 0.308 e. The van der Waals surface area contributed by atoms with Gasteiger partial charge in [0.2, 0.25) is 6.79 Å². The first-order chi connectivity index (χ1) is 18.4. The van der Waals surface area contributed by atoms with Crippen molar-refractivity contribution in [2.75, 3.05) is 34.4 Å². The average molecular weight is 521 g/mol. The second-order valence-electron chi connectivity index (χ2n) is 9.62. The quantitative estimate of drug-likeness (QED) is 0.358. The van der Waals surface area contributed by atoms with Crippen LogP contribution in [0.25, 0.3) is 0 Å². The first kappa shape index (κ1) is 25.7. The van der Waals surface area contributed by atoms with Crippen LogP contribution in [-0.4, -0.2) is 45.5 Å². The van der Waals surface area contributed by atoms with Gasteiger partial charge in [-0.05, 0) is 53.4 Å². The summed E-state index contributed by atoms with van der Waals surface area (Å²) in [5.74, 6) is 0.727. The monoisotopic (exact) mass is 520 g/mol. The van der Waals surface area contributed by atoms with Crippen LogP contribution in [0, 0.1) is 5.92 Å². The summed E-state index contributed by atoms with van der Waals surface area (Å²) in [6, 6.07) is 17.0. The van der Waals surface area contributed by atoms with Crippen LogP contribution in [0.5, 0.6) is 28.7 Å². The number of carbonyl (C=O) groups is 1. The molecule has 8 heteroatoms. The van der Waals surface area contributed by atoms with Crippen LogP contribution in [0.1, 0.15) is 48.4 Å². The minimum absolute atomic E-state index is 0.0105. The number of hydrogen-bond acceptors (Lipinski definition) is 7. The van der Waals surface area contributed by atoms with Crippen LogP contribution < -0.4 is 23.7 Å². The van der Waals surface area contributed by atoms with E-state index >= 15 is 0 Å². The molecule has 0 aromatic heterocycles. The zero-order chi connectivity index (χ0) is 26.9. The normalized spacial score (nSPS) is 21.2. The van der Waals surface area contributed by atoms with Crippen molar-refractivity contribution in [1.82, 2.24) is 0 Å². The summed E-state index contributed by atoms with van der Waals surface area (Å²) < 4.78 is 33.7. The highest BCUT2D eigenvalue weighted by Crippen LogP contribution is 2.59. The van der Waals surface area contributed by atoms with Crippen LogP contribution in [0.15, 0.2) is 54.6 Å². The molecule has 0 radical (unpaired) electrons. The van der Waals surface area contributed by atoms with Gasteiger partial charge in [-0.3, -0.25) is 4.79 Å². The number of carboxylic acids is 1. The number of ether oxygens (including phenoxy) is 6. The molecule has 1 heterocycles. The van der Waals surface area contributed by atoms with Crippen molar-refractivity contribution in [2.24, 2.45) is 5.92 Å². The third-order valence-electron chi connectivity index (χ3n) is 7.47. The van der Waals surface area contributed by atoms with E-state index in [1.54, 1.807) is 20.3 Å². The van der Waals surface area contributed by atoms with Gasteiger partial charge in [-0.1, -0.05) is 32.0 Å². The number of aliphatic carboxylic acids is 1. The fourth-order valence-electron chi connectivity index (χ4n) is 5.70. The molecule has 5 rings (SSSR count). The van der Waals surface area contributed by atoms with Crippen molar-refractivity contribution in [2.45, 2.75) is 31.6 Å². The van der Waals surface area contributed by atoms with Crippen molar-refractivity contribution in [3.63, 3.8) is 0 Å². The Bertz CT molecular complexity index is 1340. The lowest BCUT2D eigenvalue weighted by Gasteiger charge is -2.33. The van der Waals surface area contributed by atoms with Crippen LogP contribution in [0.3, 0.4) is 0 Å². The Morgan fingerprint density at radius 1 is 0.974 bits per heavy atom. The van der Waals surface area contributed by atoms with Gasteiger partial charge >= 0.3 is 5.97 Å². The predicted octanol–water partition coefficient (Wildman–Crippen LogP) is 5.35. The molecule has 1 N–H and O–H groups in total. The van der Waals surface area contributed by atoms with Crippen LogP contribution in [-0.2, 0) is 14.9 Å². The van der Waals surface area contributed by atoms with Gasteiger partial charge in [0.05, 0.1) is 19.6 Å². The van der Waals surface area contributed by atoms with Gasteiger partial charge in [-0.15, -0.1) is 0 Å². The van der Waals surface area contributed by atoms with E-state index in [9.17, 15) is 9.90 Å². The van der Waals surface area contributed by atoms with Crippen molar-refractivity contribution < 1.29 is 38.3 Å². The van der Waals surface area contributed by atoms with Gasteiger partial charge in [-0.2, -0.15) is 0 Å². The third-order valence-corrected chi connectivity index (χ3v) is 7.47. The van der Waals surface area contributed by atoms with Crippen LogP contribution in [0.2, 0.25) is 0 Å². The molecule has 3 aromatic carbocycles. The number of benzene rings is 3. The maximum absolute atomic E-state index is 13.2. The summed E-state index contributed by atoms with van der Waals surface area (Å²) >= 11 is 0. The first-order valence-corrected chi connectivity index (χ1v) is 12.6. The Balaban J connectivity index is 1.74. The first-order valence-electron chi connectivity index (χ1n) is 12.6. The fraction of sp³-hybridized carbons (Fsp3) is 0.367. The minimum atomic E-state index is -0.920. The second kappa shape index (κ2) is 10.5. The second-order valence-corrected chi connectivity index (χ2v) is 9.62. The highest BCUT2D eigenvalue weighted by atomic mass is 16.7. The molecule has 1 aliphatic carbocycles. The van der Waals surface area contributed by atoms with E-state index < -0.39 is 23.2 Å². The molecule has 0 spiro atoms. The van der Waals surface area contributed by atoms with Gasteiger partial charge in [0.25, 0.3) is 0 Å². The molecular weight excluding hydrogens is 488 g/mol. The molecule has 3 aromatic rings. The molecule has 2 aliphatic rings. The van der Waals surface area contributed by atoms with E-state index in [2.05, 4.69) is 0 Å². The van der Waals surface area contributed by atoms with E-state index in [4.69, 9.17) is 28.4 Å². The van der Waals surface area contributed by atoms with Gasteiger partial charge < -0.3 is 33.5 Å². The molecule has 3 atom stereocenters. The number of methoxy groups -OCH3 is 2. The van der Waals surface area contributed by atoms with Crippen molar-refractivity contribution in [3.05, 3.63) is 76.9 Å². The zero-order valence-electron chi connectivity index (χ0n) is 22.0. The molecule has 200 valence electrons. The van der Waals surface area contributed by atoms with E-state index in [0.717, 1.165) is 28.7 Å². The van der Waals surface area contributed by atoms with E-state index in [0.29, 0.717) is 35.4 Å². The van der Waals surface area contributed by atoms with Gasteiger partial charge in [0, 0.05) is 30.1 Å². The lowest BCUT2D eigenvalue weighted by atomic mass is 9.68. The van der Waals surface area contributed by atoms with Crippen molar-refractivity contribution >= 4 is 5.97 Å². The Morgan fingerprint density at radius 2 is 1.76 bits per heavy atom. The van der Waals surface area contributed by atoms with Gasteiger partial charge in [-0.25, -0.2) is 0 Å². The highest BCUT2D eigenvalue weighted by molar-refractivity contribution is 5.80. The fourth-order valence-corrected chi connectivity index (χ4v) is 5.70. The Morgan fingerprint density at radius 3 is 2.50 bits per heavy atom. The third kappa shape index (κ3) is 4.28. The molecule has 8 nitrogen and oxygen atoms in total. The largest absolute Gasteiger partial charge is 0.497 e. The van der Waals surface area contributed by atoms with E-state index in [-0.39, 0.29) is 13.6 Å². The Labute approximate surface area is 222 Å². The summed E-state index contributed by atoms with van der Waals surface area (Å²) in [5.41, 5.74) is 2.44. The van der Waals surface area contributed by atoms with Gasteiger partial charge in [0.1, 0.15) is 17.2 Å². The summed E-state index contributed by atoms with van der Waals surface area (Å²) in [6.07, 6.45) is 0.862. The van der Waals surface area contributed by atoms with Gasteiger partial charge in [0.15, 0.2) is 18.3 Å². The van der Waals surface area contributed by atoms with E-state index in [1.807, 2.05) is 62.4 Å². The zero-order valence-corrected chi connectivity index (χ0v) is 22.0. The Kier molecular flexibility index (Phi) is 7.08. The predicted molar refractivity (Wildman–Crippen MR) is 140 cm³/mol. The number of carboxylic acid groups (broad SMARTS) is 1. The van der Waals surface area contributed by atoms with Crippen molar-refractivity contribution in [1.29, 1.82) is 0 Å². The number of fused-ring (bicyclic) bond motifs is 2. The topological polar surface area (TPSA) is 92.7 Å². The molecule has 0 bridgehead atoms. The average Bonchev–Trinajstić information content (AvgIpc) is 3.50. The summed E-state index contributed by atoms with van der Waals surface area (Å²) in [6.45, 7) is 4.74. The standard InChI is InChI=1S/C30H32O8/c1-5-12-35-20-8-10-23-22(14-20)27(21-9-7-19(34-4)15-25(21)36-16-33-3)28(29(31)32)30(23,2)18-6-11-24-26(13-18)38-17-37-24/h6-11,13-15,27-28H,5,12,16-17H2,1-4H3,(H,31,32)/t27-,28-,30+/m1/s1. The number of hydrogen-bond donors (Lipinski definition) is 1. The molecular formula is C30H32O8. The molecule has 38 heavy (non-hydrogen) atoms. The minimum Gasteiger partial charge on any atom is -0.497 e. The SMILES string of the molecule is CCCOc1ccc2c(c1)[C@@H](c1ccc(OC)cc1OCOC)[C@H](C(=O)O)[C@@]2(C)c1ccc2c(c1)OCO2. The molecule has 0 fully saturated rings. The lowest BCUT2D eigenvalue weighted by Crippen LogP contribution is -2.37. The highest BCUT2D eigenvalue weighted by Gasteiger charge is 2.55. The molecule has 0 saturated carbocycles. The summed E-state index contributed by atoms with van der Waals surface area (Å²) in [5, 5.41) is 10.8. The summed E-state index contributed by atoms with van der Waals surface area (Å²) in [4.78, 5) is 13.2. The van der Waals surface area contributed by atoms with Crippen LogP contribution in [0.4, 0.5) is 0 Å². The molecule has 0 saturated heterocycles. The summed E-state index contributed by atoms with van der Waals surface area (Å²) in [7, 11) is 3.12.